The van der Waals surface area contributed by atoms with Crippen LogP contribution in [-0.4, -0.2) is 18.3 Å². The largest absolute Gasteiger partial charge is 0.416 e. The topological polar surface area (TPSA) is 19.7 Å². The monoisotopic (exact) mass is 950 g/mol. The van der Waals surface area contributed by atoms with Gasteiger partial charge in [-0.25, -0.2) is 0 Å². The van der Waals surface area contributed by atoms with Gasteiger partial charge in [-0.2, -0.15) is 26.3 Å². The molecule has 72 heavy (non-hydrogen) atoms. The number of hydrogen-bond donors (Lipinski definition) is 0. The molecular formula is C62H36F6N4. The molecule has 4 nitrogen and oxygen atoms in total. The van der Waals surface area contributed by atoms with Crippen LogP contribution < -0.4 is 0 Å². The van der Waals surface area contributed by atoms with E-state index in [1.807, 2.05) is 191 Å². The van der Waals surface area contributed by atoms with Crippen LogP contribution in [0.3, 0.4) is 0 Å². The lowest BCUT2D eigenvalue weighted by molar-refractivity contribution is -0.138. The van der Waals surface area contributed by atoms with Crippen molar-refractivity contribution < 1.29 is 26.3 Å². The first-order valence-electron chi connectivity index (χ1n) is 23.5. The SMILES string of the molecule is FC(F)(F)c1cccc(-c2c(-n3c4ccccc4c4ccc5c(c6ccccc6n5-c5ccccc5)c43)cc(C(F)(F)F)cc2-n2c3ccccc3c3ccc4c(c5ccccc5n4-c4ccccc4)c32)c1. The average molecular weight is 951 g/mol. The van der Waals surface area contributed by atoms with Gasteiger partial charge in [0.15, 0.2) is 0 Å². The van der Waals surface area contributed by atoms with Gasteiger partial charge in [0.25, 0.3) is 0 Å². The Bertz CT molecular complexity index is 4280. The molecule has 14 rings (SSSR count). The van der Waals surface area contributed by atoms with Crippen molar-refractivity contribution in [1.82, 2.24) is 18.3 Å². The predicted octanol–water partition coefficient (Wildman–Crippen LogP) is 17.8. The Hall–Kier alpha value is -9.02. The highest BCUT2D eigenvalue weighted by atomic mass is 19.4. The summed E-state index contributed by atoms with van der Waals surface area (Å²) in [6.45, 7) is 0. The second-order valence-electron chi connectivity index (χ2n) is 18.3. The molecule has 0 saturated heterocycles. The summed E-state index contributed by atoms with van der Waals surface area (Å²) in [5, 5.41) is 6.37. The van der Waals surface area contributed by atoms with E-state index in [2.05, 4.69) is 9.13 Å². The van der Waals surface area contributed by atoms with E-state index in [1.165, 1.54) is 6.07 Å². The molecule has 0 aliphatic carbocycles. The highest BCUT2D eigenvalue weighted by Crippen LogP contribution is 2.50. The quantitative estimate of drug-likeness (QED) is 0.153. The second kappa shape index (κ2) is 15.2. The van der Waals surface area contributed by atoms with Crippen molar-refractivity contribution >= 4 is 87.2 Å². The van der Waals surface area contributed by atoms with Gasteiger partial charge in [-0.3, -0.25) is 0 Å². The summed E-state index contributed by atoms with van der Waals surface area (Å²) in [4.78, 5) is 0. The average Bonchev–Trinajstić information content (AvgIpc) is 4.14. The van der Waals surface area contributed by atoms with E-state index in [9.17, 15) is 0 Å². The Balaban J connectivity index is 1.23. The first-order valence-corrected chi connectivity index (χ1v) is 23.5. The van der Waals surface area contributed by atoms with Gasteiger partial charge in [-0.1, -0.05) is 133 Å². The maximum Gasteiger partial charge on any atom is 0.416 e. The zero-order valence-electron chi connectivity index (χ0n) is 37.8. The smallest absolute Gasteiger partial charge is 0.309 e. The van der Waals surface area contributed by atoms with Crippen LogP contribution >= 0.6 is 0 Å². The molecule has 0 bridgehead atoms. The molecule has 0 aliphatic heterocycles. The van der Waals surface area contributed by atoms with E-state index in [4.69, 9.17) is 0 Å². The highest BCUT2D eigenvalue weighted by Gasteiger charge is 2.36. The molecule has 0 atom stereocenters. The molecule has 0 spiro atoms. The van der Waals surface area contributed by atoms with Gasteiger partial charge in [0, 0.05) is 60.0 Å². The Labute approximate surface area is 406 Å². The number of rotatable bonds is 5. The molecule has 0 fully saturated rings. The third kappa shape index (κ3) is 6.01. The van der Waals surface area contributed by atoms with Crippen LogP contribution in [0.1, 0.15) is 11.1 Å². The summed E-state index contributed by atoms with van der Waals surface area (Å²) in [6.07, 6.45) is -9.66. The van der Waals surface area contributed by atoms with Crippen molar-refractivity contribution in [3.63, 3.8) is 0 Å². The highest BCUT2D eigenvalue weighted by molar-refractivity contribution is 6.28. The van der Waals surface area contributed by atoms with E-state index in [-0.39, 0.29) is 22.5 Å². The summed E-state index contributed by atoms with van der Waals surface area (Å²) >= 11 is 0. The van der Waals surface area contributed by atoms with E-state index >= 15 is 26.3 Å². The minimum atomic E-state index is -4.90. The number of nitrogens with zero attached hydrogens (tertiary/aromatic N) is 4. The van der Waals surface area contributed by atoms with Crippen molar-refractivity contribution in [3.8, 4) is 33.9 Å². The standard InChI is InChI=1S/C62H36F6N4/c63-61(64,65)38-17-15-16-37(34-38)56-54(71-48-26-11-7-22-42(48)44-30-32-52-57(59(44)71)46-24-9-13-28-50(46)69(52)40-18-3-1-4-19-40)35-39(62(66,67)68)36-55(56)72-49-27-12-8-23-43(49)45-31-33-53-58(60(45)72)47-25-10-14-29-51(47)70(53)41-20-5-2-6-21-41/h1-36H. The molecule has 4 aromatic heterocycles. The molecule has 346 valence electrons. The maximum atomic E-state index is 16.2. The van der Waals surface area contributed by atoms with Crippen LogP contribution in [0, 0.1) is 0 Å². The first-order chi connectivity index (χ1) is 35.0. The fourth-order valence-electron chi connectivity index (χ4n) is 11.5. The molecular weight excluding hydrogens is 915 g/mol. The lowest BCUT2D eigenvalue weighted by Crippen LogP contribution is -2.12. The van der Waals surface area contributed by atoms with Crippen LogP contribution in [0.15, 0.2) is 218 Å². The molecule has 4 heterocycles. The van der Waals surface area contributed by atoms with Crippen LogP contribution in [-0.2, 0) is 12.4 Å². The van der Waals surface area contributed by atoms with Gasteiger partial charge < -0.3 is 18.3 Å². The third-order valence-corrected chi connectivity index (χ3v) is 14.4. The number of halogens is 6. The number of benzene rings is 10. The fourth-order valence-corrected chi connectivity index (χ4v) is 11.5. The van der Waals surface area contributed by atoms with Gasteiger partial charge in [0.1, 0.15) is 0 Å². The molecule has 14 aromatic rings. The summed E-state index contributed by atoms with van der Waals surface area (Å²) < 4.78 is 102. The minimum Gasteiger partial charge on any atom is -0.309 e. The third-order valence-electron chi connectivity index (χ3n) is 14.4. The van der Waals surface area contributed by atoms with Gasteiger partial charge in [-0.05, 0) is 90.5 Å². The fraction of sp³-hybridized carbons (Fsp3) is 0.0323. The number of hydrogen-bond acceptors (Lipinski definition) is 0. The molecule has 0 aliphatic rings. The molecule has 10 aromatic carbocycles. The molecule has 0 amide bonds. The van der Waals surface area contributed by atoms with Crippen LogP contribution in [0.2, 0.25) is 0 Å². The minimum absolute atomic E-state index is 0.0687. The van der Waals surface area contributed by atoms with E-state index < -0.39 is 23.5 Å². The van der Waals surface area contributed by atoms with Crippen molar-refractivity contribution in [2.45, 2.75) is 12.4 Å². The number of fused-ring (bicyclic) bond motifs is 14. The molecule has 0 unspecified atom stereocenters. The van der Waals surface area contributed by atoms with Crippen LogP contribution in [0.5, 0.6) is 0 Å². The summed E-state index contributed by atoms with van der Waals surface area (Å²) in [7, 11) is 0. The van der Waals surface area contributed by atoms with E-state index in [0.717, 1.165) is 101 Å². The Morgan fingerprint density at radius 3 is 1.10 bits per heavy atom. The summed E-state index contributed by atoms with van der Waals surface area (Å²) in [5.41, 5.74) is 6.12. The van der Waals surface area contributed by atoms with Crippen molar-refractivity contribution in [2.75, 3.05) is 0 Å². The van der Waals surface area contributed by atoms with Crippen LogP contribution in [0.4, 0.5) is 26.3 Å². The van der Waals surface area contributed by atoms with E-state index in [0.29, 0.717) is 22.1 Å². The zero-order valence-corrected chi connectivity index (χ0v) is 37.8. The summed E-state index contributed by atoms with van der Waals surface area (Å²) in [5.74, 6) is 0. The molecule has 0 N–H and O–H groups in total. The first kappa shape index (κ1) is 41.9. The predicted molar refractivity (Wildman–Crippen MR) is 279 cm³/mol. The van der Waals surface area contributed by atoms with Gasteiger partial charge in [0.05, 0.1) is 66.6 Å². The van der Waals surface area contributed by atoms with Crippen LogP contribution in [0.25, 0.3) is 121 Å². The molecule has 10 heteroatoms. The maximum absolute atomic E-state index is 16.2. The second-order valence-corrected chi connectivity index (χ2v) is 18.3. The van der Waals surface area contributed by atoms with E-state index in [1.54, 1.807) is 6.07 Å². The lowest BCUT2D eigenvalue weighted by Gasteiger charge is -2.23. The zero-order chi connectivity index (χ0) is 48.6. The normalized spacial score (nSPS) is 12.6. The Morgan fingerprint density at radius 1 is 0.278 bits per heavy atom. The van der Waals surface area contributed by atoms with Gasteiger partial charge >= 0.3 is 12.4 Å². The van der Waals surface area contributed by atoms with Crippen molar-refractivity contribution in [3.05, 3.63) is 230 Å². The van der Waals surface area contributed by atoms with Crippen molar-refractivity contribution in [2.24, 2.45) is 0 Å². The molecule has 0 radical (unpaired) electrons. The van der Waals surface area contributed by atoms with Gasteiger partial charge in [-0.15, -0.1) is 0 Å². The number of aromatic nitrogens is 4. The lowest BCUT2D eigenvalue weighted by atomic mass is 9.96. The number of para-hydroxylation sites is 6. The number of alkyl halides is 6. The molecule has 0 saturated carbocycles. The Kier molecular flexibility index (Phi) is 8.87. The summed E-state index contributed by atoms with van der Waals surface area (Å²) in [6, 6.07) is 66.0. The van der Waals surface area contributed by atoms with Gasteiger partial charge in [0.2, 0.25) is 0 Å². The Morgan fingerprint density at radius 2 is 0.667 bits per heavy atom. The van der Waals surface area contributed by atoms with Crippen molar-refractivity contribution in [1.29, 1.82) is 0 Å².